The number of benzene rings is 1. The van der Waals surface area contributed by atoms with Crippen LogP contribution in [0.5, 0.6) is 5.75 Å². The summed E-state index contributed by atoms with van der Waals surface area (Å²) < 4.78 is 47.0. The van der Waals surface area contributed by atoms with Crippen molar-refractivity contribution in [1.82, 2.24) is 15.1 Å². The van der Waals surface area contributed by atoms with Gasteiger partial charge in [-0.1, -0.05) is 6.07 Å². The molecule has 136 valence electrons. The van der Waals surface area contributed by atoms with Crippen LogP contribution in [0.25, 0.3) is 0 Å². The minimum Gasteiger partial charge on any atom is -0.494 e. The summed E-state index contributed by atoms with van der Waals surface area (Å²) in [4.78, 5) is 12.4. The van der Waals surface area contributed by atoms with Crippen LogP contribution in [0.1, 0.15) is 47.5 Å². The van der Waals surface area contributed by atoms with E-state index in [0.29, 0.717) is 5.69 Å². The summed E-state index contributed by atoms with van der Waals surface area (Å²) in [7, 11) is 1.28. The minimum absolute atomic E-state index is 0.0307. The van der Waals surface area contributed by atoms with E-state index < -0.39 is 24.2 Å². The molecule has 5 nitrogen and oxygen atoms in total. The van der Waals surface area contributed by atoms with Crippen molar-refractivity contribution in [3.63, 3.8) is 0 Å². The van der Waals surface area contributed by atoms with E-state index in [4.69, 9.17) is 4.74 Å². The average Bonchev–Trinajstić information content (AvgIpc) is 2.94. The number of carbonyl (C=O) groups is 1. The maximum Gasteiger partial charge on any atom is 0.262 e. The lowest BCUT2D eigenvalue weighted by Gasteiger charge is -2.19. The van der Waals surface area contributed by atoms with Crippen molar-refractivity contribution in [3.05, 3.63) is 47.0 Å². The van der Waals surface area contributed by atoms with Crippen LogP contribution in [-0.4, -0.2) is 29.2 Å². The van der Waals surface area contributed by atoms with Gasteiger partial charge in [0.05, 0.1) is 18.9 Å². The molecule has 1 aromatic heterocycles. The van der Waals surface area contributed by atoms with Crippen molar-refractivity contribution in [1.29, 1.82) is 0 Å². The summed E-state index contributed by atoms with van der Waals surface area (Å²) in [6.45, 7) is 5.47. The first-order valence-corrected chi connectivity index (χ1v) is 7.72. The summed E-state index contributed by atoms with van der Waals surface area (Å²) in [5, 5.41) is 6.35. The quantitative estimate of drug-likeness (QED) is 0.860. The zero-order chi connectivity index (χ0) is 18.7. The van der Waals surface area contributed by atoms with Crippen molar-refractivity contribution in [2.45, 2.75) is 39.3 Å². The number of rotatable bonds is 6. The highest BCUT2D eigenvalue weighted by atomic mass is 19.3. The molecule has 0 aliphatic carbocycles. The van der Waals surface area contributed by atoms with E-state index in [1.54, 1.807) is 11.6 Å². The Bertz CT molecular complexity index is 760. The molecule has 0 radical (unpaired) electrons. The molecule has 0 saturated heterocycles. The molecule has 0 fully saturated rings. The first kappa shape index (κ1) is 18.8. The first-order valence-electron chi connectivity index (χ1n) is 7.72. The van der Waals surface area contributed by atoms with Gasteiger partial charge in [-0.3, -0.25) is 9.48 Å². The Morgan fingerprint density at radius 1 is 1.32 bits per heavy atom. The van der Waals surface area contributed by atoms with Gasteiger partial charge in [-0.15, -0.1) is 0 Å². The number of nitrogens with one attached hydrogen (secondary N) is 1. The maximum atomic E-state index is 13.8. The van der Waals surface area contributed by atoms with Gasteiger partial charge in [0.25, 0.3) is 12.3 Å². The van der Waals surface area contributed by atoms with E-state index >= 15 is 0 Å². The summed E-state index contributed by atoms with van der Waals surface area (Å²) in [6.07, 6.45) is -1.57. The summed E-state index contributed by atoms with van der Waals surface area (Å²) in [5.74, 6) is -1.52. The molecule has 0 saturated carbocycles. The Hall–Kier alpha value is -2.51. The number of nitrogens with zero attached hydrogens (tertiary/aromatic N) is 2. The smallest absolute Gasteiger partial charge is 0.262 e. The number of hydrogen-bond donors (Lipinski definition) is 1. The molecule has 1 heterocycles. The van der Waals surface area contributed by atoms with Gasteiger partial charge in [0.2, 0.25) is 0 Å². The van der Waals surface area contributed by atoms with Crippen LogP contribution >= 0.6 is 0 Å². The number of halogens is 3. The highest BCUT2D eigenvalue weighted by molar-refractivity contribution is 5.95. The van der Waals surface area contributed by atoms with Crippen molar-refractivity contribution in [3.8, 4) is 5.75 Å². The average molecular weight is 355 g/mol. The lowest BCUT2D eigenvalue weighted by molar-refractivity contribution is 0.0742. The molecule has 2 rings (SSSR count). The second kappa shape index (κ2) is 7.58. The third kappa shape index (κ3) is 3.94. The fourth-order valence-corrected chi connectivity index (χ4v) is 2.55. The van der Waals surface area contributed by atoms with Gasteiger partial charge >= 0.3 is 0 Å². The molecule has 0 bridgehead atoms. The molecular weight excluding hydrogens is 335 g/mol. The SMILES string of the molecule is COc1ccc([C@H](NC(=O)c2cnn(C(C)C)c2C)C(F)F)cc1F. The predicted molar refractivity (Wildman–Crippen MR) is 86.5 cm³/mol. The molecule has 0 unspecified atom stereocenters. The fraction of sp³-hybridized carbons (Fsp3) is 0.412. The van der Waals surface area contributed by atoms with Crippen LogP contribution in [0, 0.1) is 12.7 Å². The molecule has 0 aliphatic rings. The lowest BCUT2D eigenvalue weighted by atomic mass is 10.1. The Labute approximate surface area is 143 Å². The minimum atomic E-state index is -2.91. The third-order valence-corrected chi connectivity index (χ3v) is 3.85. The zero-order valence-electron chi connectivity index (χ0n) is 14.4. The van der Waals surface area contributed by atoms with Gasteiger partial charge in [0.1, 0.15) is 6.04 Å². The van der Waals surface area contributed by atoms with E-state index in [1.807, 2.05) is 13.8 Å². The number of carbonyl (C=O) groups excluding carboxylic acids is 1. The molecule has 1 atom stereocenters. The molecule has 0 aliphatic heterocycles. The summed E-state index contributed by atoms with van der Waals surface area (Å²) in [5.41, 5.74) is 0.727. The van der Waals surface area contributed by atoms with Crippen LogP contribution in [0.4, 0.5) is 13.2 Å². The van der Waals surface area contributed by atoms with E-state index in [2.05, 4.69) is 10.4 Å². The summed E-state index contributed by atoms with van der Waals surface area (Å²) in [6, 6.07) is 1.86. The molecular formula is C17H20F3N3O2. The second-order valence-electron chi connectivity index (χ2n) is 5.86. The van der Waals surface area contributed by atoms with Crippen LogP contribution < -0.4 is 10.1 Å². The molecule has 25 heavy (non-hydrogen) atoms. The molecule has 0 spiro atoms. The highest BCUT2D eigenvalue weighted by Gasteiger charge is 2.27. The Kier molecular flexibility index (Phi) is 5.71. The van der Waals surface area contributed by atoms with Gasteiger partial charge < -0.3 is 10.1 Å². The van der Waals surface area contributed by atoms with Gasteiger partial charge in [0.15, 0.2) is 11.6 Å². The lowest BCUT2D eigenvalue weighted by Crippen LogP contribution is -2.33. The van der Waals surface area contributed by atoms with E-state index in [-0.39, 0.29) is 22.9 Å². The predicted octanol–water partition coefficient (Wildman–Crippen LogP) is 3.66. The number of amides is 1. The van der Waals surface area contributed by atoms with Crippen molar-refractivity contribution in [2.75, 3.05) is 7.11 Å². The summed E-state index contributed by atoms with van der Waals surface area (Å²) >= 11 is 0. The third-order valence-electron chi connectivity index (χ3n) is 3.85. The number of methoxy groups -OCH3 is 1. The van der Waals surface area contributed by atoms with Crippen LogP contribution in [0.2, 0.25) is 0 Å². The standard InChI is InChI=1S/C17H20F3N3O2/c1-9(2)23-10(3)12(8-21-23)17(24)22-15(16(19)20)11-5-6-14(25-4)13(18)7-11/h5-9,15-16H,1-4H3,(H,22,24)/t15-/m0/s1. The van der Waals surface area contributed by atoms with Gasteiger partial charge in [-0.2, -0.15) is 5.10 Å². The molecule has 8 heteroatoms. The van der Waals surface area contributed by atoms with Crippen LogP contribution in [-0.2, 0) is 0 Å². The van der Waals surface area contributed by atoms with E-state index in [9.17, 15) is 18.0 Å². The Balaban J connectivity index is 2.27. The molecule has 1 amide bonds. The molecule has 1 aromatic carbocycles. The maximum absolute atomic E-state index is 13.8. The van der Waals surface area contributed by atoms with E-state index in [0.717, 1.165) is 6.07 Å². The number of alkyl halides is 2. The van der Waals surface area contributed by atoms with Gasteiger partial charge in [-0.25, -0.2) is 13.2 Å². The first-order chi connectivity index (χ1) is 11.8. The normalized spacial score (nSPS) is 12.5. The van der Waals surface area contributed by atoms with Crippen molar-refractivity contribution >= 4 is 5.91 Å². The van der Waals surface area contributed by atoms with Crippen LogP contribution in [0.3, 0.4) is 0 Å². The number of hydrogen-bond acceptors (Lipinski definition) is 3. The van der Waals surface area contributed by atoms with Crippen molar-refractivity contribution in [2.24, 2.45) is 0 Å². The Morgan fingerprint density at radius 2 is 2.00 bits per heavy atom. The van der Waals surface area contributed by atoms with Gasteiger partial charge in [-0.05, 0) is 38.5 Å². The highest BCUT2D eigenvalue weighted by Crippen LogP contribution is 2.26. The fourth-order valence-electron chi connectivity index (χ4n) is 2.55. The monoisotopic (exact) mass is 355 g/mol. The zero-order valence-corrected chi connectivity index (χ0v) is 14.4. The number of ether oxygens (including phenoxy) is 1. The van der Waals surface area contributed by atoms with Gasteiger partial charge in [0, 0.05) is 11.7 Å². The molecule has 1 N–H and O–H groups in total. The largest absolute Gasteiger partial charge is 0.494 e. The Morgan fingerprint density at radius 3 is 2.48 bits per heavy atom. The van der Waals surface area contributed by atoms with E-state index in [1.165, 1.54) is 25.4 Å². The molecule has 2 aromatic rings. The topological polar surface area (TPSA) is 56.1 Å². The van der Waals surface area contributed by atoms with Crippen LogP contribution in [0.15, 0.2) is 24.4 Å². The second-order valence-corrected chi connectivity index (χ2v) is 5.86. The van der Waals surface area contributed by atoms with Crippen molar-refractivity contribution < 1.29 is 22.7 Å². The number of aromatic nitrogens is 2.